The van der Waals surface area contributed by atoms with Crippen molar-refractivity contribution in [3.05, 3.63) is 30.1 Å². The summed E-state index contributed by atoms with van der Waals surface area (Å²) in [6.07, 6.45) is 9.37. The number of hydrogen-bond donors (Lipinski definition) is 1. The first kappa shape index (κ1) is 12.5. The van der Waals surface area contributed by atoms with Gasteiger partial charge in [0.15, 0.2) is 0 Å². The van der Waals surface area contributed by atoms with Gasteiger partial charge in [0, 0.05) is 25.0 Å². The van der Waals surface area contributed by atoms with Crippen LogP contribution in [0.2, 0.25) is 0 Å². The van der Waals surface area contributed by atoms with Gasteiger partial charge in [-0.1, -0.05) is 12.8 Å². The van der Waals surface area contributed by atoms with Gasteiger partial charge >= 0.3 is 0 Å². The smallest absolute Gasteiger partial charge is 0.0594 e. The van der Waals surface area contributed by atoms with Gasteiger partial charge in [-0.2, -0.15) is 0 Å². The van der Waals surface area contributed by atoms with E-state index in [9.17, 15) is 0 Å². The van der Waals surface area contributed by atoms with Crippen LogP contribution in [0, 0.1) is 0 Å². The molecule has 94 valence electrons. The molecule has 1 heterocycles. The number of aromatic nitrogens is 1. The molecule has 0 aliphatic heterocycles. The summed E-state index contributed by atoms with van der Waals surface area (Å²) in [6.45, 7) is 3.91. The third kappa shape index (κ3) is 4.10. The molecule has 1 aliphatic carbocycles. The molecular weight excluding hydrogens is 212 g/mol. The molecule has 0 radical (unpaired) electrons. The highest BCUT2D eigenvalue weighted by molar-refractivity contribution is 5.13. The minimum absolute atomic E-state index is 0.366. The van der Waals surface area contributed by atoms with Gasteiger partial charge in [-0.15, -0.1) is 0 Å². The van der Waals surface area contributed by atoms with E-state index in [1.165, 1.54) is 31.2 Å². The average molecular weight is 234 g/mol. The van der Waals surface area contributed by atoms with Crippen LogP contribution < -0.4 is 5.32 Å². The minimum Gasteiger partial charge on any atom is -0.377 e. The van der Waals surface area contributed by atoms with Crippen molar-refractivity contribution in [3.8, 4) is 0 Å². The predicted molar refractivity (Wildman–Crippen MR) is 68.9 cm³/mol. The molecule has 3 heteroatoms. The summed E-state index contributed by atoms with van der Waals surface area (Å²) in [6, 6.07) is 4.47. The monoisotopic (exact) mass is 234 g/mol. The van der Waals surface area contributed by atoms with Crippen molar-refractivity contribution in [2.45, 2.75) is 44.8 Å². The van der Waals surface area contributed by atoms with E-state index in [0.29, 0.717) is 12.1 Å². The molecule has 1 aliphatic rings. The van der Waals surface area contributed by atoms with Crippen molar-refractivity contribution in [2.75, 3.05) is 13.2 Å². The molecular formula is C14H22N2O. The van der Waals surface area contributed by atoms with Gasteiger partial charge in [0.25, 0.3) is 0 Å². The summed E-state index contributed by atoms with van der Waals surface area (Å²) in [5, 5.41) is 3.47. The Hall–Kier alpha value is -0.930. The molecule has 0 bridgehead atoms. The van der Waals surface area contributed by atoms with E-state index in [-0.39, 0.29) is 0 Å². The van der Waals surface area contributed by atoms with Gasteiger partial charge in [-0.05, 0) is 37.5 Å². The van der Waals surface area contributed by atoms with E-state index >= 15 is 0 Å². The Labute approximate surface area is 104 Å². The van der Waals surface area contributed by atoms with Crippen LogP contribution in [0.3, 0.4) is 0 Å². The third-order valence-electron chi connectivity index (χ3n) is 3.41. The number of hydrogen-bond acceptors (Lipinski definition) is 3. The molecule has 1 fully saturated rings. The molecule has 1 aromatic rings. The minimum atomic E-state index is 0.366. The fourth-order valence-corrected chi connectivity index (χ4v) is 2.33. The number of nitrogens with one attached hydrogen (secondary N) is 1. The Morgan fingerprint density at radius 2 is 2.06 bits per heavy atom. The second-order valence-electron chi connectivity index (χ2n) is 4.73. The molecule has 1 N–H and O–H groups in total. The van der Waals surface area contributed by atoms with Crippen molar-refractivity contribution < 1.29 is 4.74 Å². The normalized spacial score (nSPS) is 18.4. The Morgan fingerprint density at radius 3 is 2.76 bits per heavy atom. The van der Waals surface area contributed by atoms with Crippen LogP contribution in [0.15, 0.2) is 24.5 Å². The highest BCUT2D eigenvalue weighted by Gasteiger charge is 2.14. The second kappa shape index (κ2) is 6.72. The van der Waals surface area contributed by atoms with Crippen LogP contribution >= 0.6 is 0 Å². The first-order valence-electron chi connectivity index (χ1n) is 6.61. The topological polar surface area (TPSA) is 34.1 Å². The van der Waals surface area contributed by atoms with Gasteiger partial charge in [-0.3, -0.25) is 4.98 Å². The van der Waals surface area contributed by atoms with Crippen molar-refractivity contribution in [2.24, 2.45) is 0 Å². The van der Waals surface area contributed by atoms with E-state index in [1.807, 2.05) is 12.4 Å². The van der Waals surface area contributed by atoms with E-state index in [1.54, 1.807) is 0 Å². The fourth-order valence-electron chi connectivity index (χ4n) is 2.33. The molecule has 1 saturated carbocycles. The zero-order chi connectivity index (χ0) is 11.9. The van der Waals surface area contributed by atoms with Crippen LogP contribution in [-0.4, -0.2) is 24.2 Å². The third-order valence-corrected chi connectivity index (χ3v) is 3.41. The highest BCUT2D eigenvalue weighted by atomic mass is 16.5. The first-order chi connectivity index (χ1) is 8.36. The molecule has 0 aromatic carbocycles. The molecule has 1 unspecified atom stereocenters. The van der Waals surface area contributed by atoms with Crippen LogP contribution in [0.5, 0.6) is 0 Å². The van der Waals surface area contributed by atoms with E-state index in [4.69, 9.17) is 4.74 Å². The summed E-state index contributed by atoms with van der Waals surface area (Å²) < 4.78 is 5.81. The molecule has 1 atom stereocenters. The molecule has 1 aromatic heterocycles. The standard InChI is InChI=1S/C14H22N2O/c1-12(13-6-8-15-9-7-13)16-10-11-17-14-4-2-3-5-14/h6-9,12,14,16H,2-5,10-11H2,1H3. The zero-order valence-corrected chi connectivity index (χ0v) is 10.6. The van der Waals surface area contributed by atoms with Crippen molar-refractivity contribution in [1.29, 1.82) is 0 Å². The largest absolute Gasteiger partial charge is 0.377 e. The summed E-state index contributed by atoms with van der Waals surface area (Å²) in [7, 11) is 0. The molecule has 2 rings (SSSR count). The SMILES string of the molecule is CC(NCCOC1CCCC1)c1ccncc1. The maximum Gasteiger partial charge on any atom is 0.0594 e. The quantitative estimate of drug-likeness (QED) is 0.768. The zero-order valence-electron chi connectivity index (χ0n) is 10.6. The second-order valence-corrected chi connectivity index (χ2v) is 4.73. The lowest BCUT2D eigenvalue weighted by molar-refractivity contribution is 0.0593. The van der Waals surface area contributed by atoms with Crippen LogP contribution in [0.25, 0.3) is 0 Å². The summed E-state index contributed by atoms with van der Waals surface area (Å²) in [5.74, 6) is 0. The van der Waals surface area contributed by atoms with Crippen molar-refractivity contribution >= 4 is 0 Å². The van der Waals surface area contributed by atoms with Gasteiger partial charge in [0.1, 0.15) is 0 Å². The fraction of sp³-hybridized carbons (Fsp3) is 0.643. The number of rotatable bonds is 6. The van der Waals surface area contributed by atoms with Gasteiger partial charge < -0.3 is 10.1 Å². The first-order valence-corrected chi connectivity index (χ1v) is 6.61. The summed E-state index contributed by atoms with van der Waals surface area (Å²) in [4.78, 5) is 4.02. The molecule has 0 spiro atoms. The lowest BCUT2D eigenvalue weighted by Gasteiger charge is -2.15. The van der Waals surface area contributed by atoms with Crippen LogP contribution in [-0.2, 0) is 4.74 Å². The van der Waals surface area contributed by atoms with E-state index in [0.717, 1.165) is 13.2 Å². The Balaban J connectivity index is 1.61. The molecule has 3 nitrogen and oxygen atoms in total. The highest BCUT2D eigenvalue weighted by Crippen LogP contribution is 2.20. The van der Waals surface area contributed by atoms with Gasteiger partial charge in [-0.25, -0.2) is 0 Å². The molecule has 17 heavy (non-hydrogen) atoms. The Kier molecular flexibility index (Phi) is 4.95. The van der Waals surface area contributed by atoms with E-state index < -0.39 is 0 Å². The molecule has 0 amide bonds. The van der Waals surface area contributed by atoms with Gasteiger partial charge in [0.2, 0.25) is 0 Å². The number of pyridine rings is 1. The predicted octanol–water partition coefficient (Wildman–Crippen LogP) is 2.69. The van der Waals surface area contributed by atoms with Crippen LogP contribution in [0.1, 0.15) is 44.2 Å². The average Bonchev–Trinajstić information content (AvgIpc) is 2.88. The Morgan fingerprint density at radius 1 is 1.35 bits per heavy atom. The van der Waals surface area contributed by atoms with Crippen molar-refractivity contribution in [3.63, 3.8) is 0 Å². The Bertz CT molecular complexity index is 309. The number of ether oxygens (including phenoxy) is 1. The maximum atomic E-state index is 5.81. The van der Waals surface area contributed by atoms with E-state index in [2.05, 4.69) is 29.4 Å². The number of nitrogens with zero attached hydrogens (tertiary/aromatic N) is 1. The van der Waals surface area contributed by atoms with Crippen molar-refractivity contribution in [1.82, 2.24) is 10.3 Å². The maximum absolute atomic E-state index is 5.81. The van der Waals surface area contributed by atoms with Gasteiger partial charge in [0.05, 0.1) is 12.7 Å². The lowest BCUT2D eigenvalue weighted by Crippen LogP contribution is -2.25. The molecule has 0 saturated heterocycles. The summed E-state index contributed by atoms with van der Waals surface area (Å²) in [5.41, 5.74) is 1.28. The summed E-state index contributed by atoms with van der Waals surface area (Å²) >= 11 is 0. The van der Waals surface area contributed by atoms with Crippen LogP contribution in [0.4, 0.5) is 0 Å². The lowest BCUT2D eigenvalue weighted by atomic mass is 10.1.